The molecule has 1 aliphatic rings. The molecule has 3 aromatic rings. The fraction of sp³-hybridized carbons (Fsp3) is 0.304. The first kappa shape index (κ1) is 21.3. The zero-order valence-corrected chi connectivity index (χ0v) is 18.3. The Balaban J connectivity index is 1.64. The van der Waals surface area contributed by atoms with Crippen LogP contribution in [0, 0.1) is 5.41 Å². The van der Waals surface area contributed by atoms with Gasteiger partial charge in [-0.05, 0) is 66.6 Å². The van der Waals surface area contributed by atoms with Crippen LogP contribution in [-0.2, 0) is 10.0 Å². The lowest BCUT2D eigenvalue weighted by molar-refractivity contribution is 0.330. The number of nitrogens with one attached hydrogen (secondary N) is 2. The first-order valence-corrected chi connectivity index (χ1v) is 12.0. The zero-order valence-electron chi connectivity index (χ0n) is 17.5. The molecule has 0 aliphatic carbocycles. The summed E-state index contributed by atoms with van der Waals surface area (Å²) in [5.74, 6) is 0.142. The van der Waals surface area contributed by atoms with Gasteiger partial charge in [0.25, 0.3) is 0 Å². The van der Waals surface area contributed by atoms with Crippen molar-refractivity contribution in [3.63, 3.8) is 0 Å². The SMILES string of the molecule is CCS(=O)(=O)N1CCC(Nc2cc(-c3ccc(N)c(C=N)c3)cc3ccncc23)CC1. The summed E-state index contributed by atoms with van der Waals surface area (Å²) in [6, 6.07) is 12.1. The predicted molar refractivity (Wildman–Crippen MR) is 127 cm³/mol. The molecule has 31 heavy (non-hydrogen) atoms. The Labute approximate surface area is 182 Å². The molecule has 4 rings (SSSR count). The van der Waals surface area contributed by atoms with E-state index in [2.05, 4.69) is 22.4 Å². The topological polar surface area (TPSA) is 112 Å². The van der Waals surface area contributed by atoms with Gasteiger partial charge in [0.1, 0.15) is 0 Å². The highest BCUT2D eigenvalue weighted by atomic mass is 32.2. The molecule has 0 saturated carbocycles. The summed E-state index contributed by atoms with van der Waals surface area (Å²) in [4.78, 5) is 4.29. The fourth-order valence-corrected chi connectivity index (χ4v) is 5.18. The number of nitrogens with two attached hydrogens (primary N) is 1. The smallest absolute Gasteiger partial charge is 0.213 e. The number of piperidine rings is 1. The maximum absolute atomic E-state index is 12.1. The Kier molecular flexibility index (Phi) is 5.93. The minimum absolute atomic E-state index is 0.142. The second-order valence-electron chi connectivity index (χ2n) is 7.83. The molecule has 0 atom stereocenters. The van der Waals surface area contributed by atoms with Crippen LogP contribution in [0.15, 0.2) is 48.8 Å². The van der Waals surface area contributed by atoms with E-state index >= 15 is 0 Å². The van der Waals surface area contributed by atoms with Crippen LogP contribution < -0.4 is 11.1 Å². The van der Waals surface area contributed by atoms with Gasteiger partial charge in [-0.3, -0.25) is 4.98 Å². The molecule has 2 heterocycles. The first-order chi connectivity index (χ1) is 14.9. The molecule has 4 N–H and O–H groups in total. The van der Waals surface area contributed by atoms with Crippen LogP contribution in [0.2, 0.25) is 0 Å². The summed E-state index contributed by atoms with van der Waals surface area (Å²) in [7, 11) is -3.14. The van der Waals surface area contributed by atoms with Crippen LogP contribution in [0.1, 0.15) is 25.3 Å². The number of benzene rings is 2. The number of nitrogen functional groups attached to an aromatic ring is 1. The molecule has 162 valence electrons. The van der Waals surface area contributed by atoms with Crippen LogP contribution in [0.5, 0.6) is 0 Å². The number of fused-ring (bicyclic) bond motifs is 1. The van der Waals surface area contributed by atoms with Crippen molar-refractivity contribution >= 4 is 38.4 Å². The van der Waals surface area contributed by atoms with Gasteiger partial charge in [0.05, 0.1) is 5.75 Å². The van der Waals surface area contributed by atoms with E-state index in [1.165, 1.54) is 6.21 Å². The van der Waals surface area contributed by atoms with Gasteiger partial charge in [-0.25, -0.2) is 12.7 Å². The van der Waals surface area contributed by atoms with E-state index in [0.717, 1.165) is 40.4 Å². The lowest BCUT2D eigenvalue weighted by atomic mass is 9.97. The second-order valence-corrected chi connectivity index (χ2v) is 10.1. The molecule has 0 bridgehead atoms. The normalized spacial score (nSPS) is 15.8. The molecule has 0 amide bonds. The number of hydrogen-bond acceptors (Lipinski definition) is 6. The van der Waals surface area contributed by atoms with Gasteiger partial charge in [0.15, 0.2) is 0 Å². The van der Waals surface area contributed by atoms with Crippen molar-refractivity contribution in [3.05, 3.63) is 54.4 Å². The Bertz CT molecular complexity index is 1220. The number of aromatic nitrogens is 1. The Morgan fingerprint density at radius 1 is 1.19 bits per heavy atom. The average molecular weight is 438 g/mol. The number of sulfonamides is 1. The summed E-state index contributed by atoms with van der Waals surface area (Å²) in [5.41, 5.74) is 10.2. The Hall–Kier alpha value is -2.97. The molecule has 0 radical (unpaired) electrons. The van der Waals surface area contributed by atoms with Crippen LogP contribution >= 0.6 is 0 Å². The quantitative estimate of drug-likeness (QED) is 0.402. The van der Waals surface area contributed by atoms with Crippen molar-refractivity contribution in [2.75, 3.05) is 29.9 Å². The predicted octanol–water partition coefficient (Wildman–Crippen LogP) is 3.71. The maximum atomic E-state index is 12.1. The molecule has 1 saturated heterocycles. The first-order valence-electron chi connectivity index (χ1n) is 10.4. The van der Waals surface area contributed by atoms with Crippen LogP contribution in [0.25, 0.3) is 21.9 Å². The van der Waals surface area contributed by atoms with E-state index in [-0.39, 0.29) is 11.8 Å². The number of anilines is 2. The number of pyridine rings is 1. The van der Waals surface area contributed by atoms with Gasteiger partial charge in [0, 0.05) is 60.1 Å². The molecule has 7 nitrogen and oxygen atoms in total. The van der Waals surface area contributed by atoms with Gasteiger partial charge in [-0.2, -0.15) is 0 Å². The highest BCUT2D eigenvalue weighted by molar-refractivity contribution is 7.89. The molecular formula is C23H27N5O2S. The Morgan fingerprint density at radius 2 is 1.97 bits per heavy atom. The van der Waals surface area contributed by atoms with E-state index in [9.17, 15) is 8.42 Å². The third-order valence-electron chi connectivity index (χ3n) is 5.90. The second kappa shape index (κ2) is 8.64. The standard InChI is InChI=1S/C23H27N5O2S/c1-2-31(29,30)28-9-6-20(7-10-28)27-23-13-18(12-17-5-8-26-15-21(17)23)16-3-4-22(25)19(11-16)14-24/h3-5,8,11-15,20,24,27H,2,6-7,9-10,25H2,1H3. The van der Waals surface area contributed by atoms with E-state index in [4.69, 9.17) is 11.1 Å². The summed E-state index contributed by atoms with van der Waals surface area (Å²) >= 11 is 0. The van der Waals surface area contributed by atoms with Gasteiger partial charge in [-0.15, -0.1) is 0 Å². The van der Waals surface area contributed by atoms with Crippen molar-refractivity contribution in [2.24, 2.45) is 0 Å². The largest absolute Gasteiger partial charge is 0.398 e. The van der Waals surface area contributed by atoms with Gasteiger partial charge < -0.3 is 16.5 Å². The van der Waals surface area contributed by atoms with Crippen LogP contribution in [-0.4, -0.2) is 48.8 Å². The summed E-state index contributed by atoms with van der Waals surface area (Å²) < 4.78 is 25.9. The summed E-state index contributed by atoms with van der Waals surface area (Å²) in [6.45, 7) is 2.75. The molecule has 2 aromatic carbocycles. The van der Waals surface area contributed by atoms with E-state index in [1.807, 2.05) is 30.5 Å². The molecule has 1 aromatic heterocycles. The monoisotopic (exact) mass is 437 g/mol. The summed E-state index contributed by atoms with van der Waals surface area (Å²) in [5, 5.41) is 13.3. The lowest BCUT2D eigenvalue weighted by Crippen LogP contribution is -2.42. The average Bonchev–Trinajstić information content (AvgIpc) is 2.79. The van der Waals surface area contributed by atoms with Crippen LogP contribution in [0.4, 0.5) is 11.4 Å². The molecule has 0 unspecified atom stereocenters. The van der Waals surface area contributed by atoms with E-state index in [1.54, 1.807) is 17.4 Å². The zero-order chi connectivity index (χ0) is 22.0. The van der Waals surface area contributed by atoms with Crippen molar-refractivity contribution in [1.29, 1.82) is 5.41 Å². The van der Waals surface area contributed by atoms with Crippen molar-refractivity contribution in [2.45, 2.75) is 25.8 Å². The van der Waals surface area contributed by atoms with Crippen molar-refractivity contribution in [3.8, 4) is 11.1 Å². The van der Waals surface area contributed by atoms with Crippen molar-refractivity contribution in [1.82, 2.24) is 9.29 Å². The van der Waals surface area contributed by atoms with E-state index < -0.39 is 10.0 Å². The van der Waals surface area contributed by atoms with Gasteiger partial charge >= 0.3 is 0 Å². The number of hydrogen-bond donors (Lipinski definition) is 3. The fourth-order valence-electron chi connectivity index (χ4n) is 4.04. The van der Waals surface area contributed by atoms with Crippen molar-refractivity contribution < 1.29 is 8.42 Å². The highest BCUT2D eigenvalue weighted by Crippen LogP contribution is 2.33. The maximum Gasteiger partial charge on any atom is 0.213 e. The third-order valence-corrected chi connectivity index (χ3v) is 7.78. The highest BCUT2D eigenvalue weighted by Gasteiger charge is 2.26. The molecule has 0 spiro atoms. The molecule has 1 aliphatic heterocycles. The molecule has 1 fully saturated rings. The van der Waals surface area contributed by atoms with Crippen LogP contribution in [0.3, 0.4) is 0 Å². The van der Waals surface area contributed by atoms with Gasteiger partial charge in [0.2, 0.25) is 10.0 Å². The molecule has 8 heteroatoms. The van der Waals surface area contributed by atoms with Gasteiger partial charge in [-0.1, -0.05) is 6.07 Å². The third kappa shape index (κ3) is 4.40. The molecular weight excluding hydrogens is 410 g/mol. The minimum Gasteiger partial charge on any atom is -0.398 e. The summed E-state index contributed by atoms with van der Waals surface area (Å²) in [6.07, 6.45) is 6.40. The Morgan fingerprint density at radius 3 is 2.68 bits per heavy atom. The van der Waals surface area contributed by atoms with E-state index in [0.29, 0.717) is 24.3 Å². The minimum atomic E-state index is -3.14. The number of rotatable bonds is 6. The lowest BCUT2D eigenvalue weighted by Gasteiger charge is -2.32. The number of nitrogens with zero attached hydrogens (tertiary/aromatic N) is 2.